The molecule has 15 heavy (non-hydrogen) atoms. The van der Waals surface area contributed by atoms with E-state index in [4.69, 9.17) is 0 Å². The lowest BCUT2D eigenvalue weighted by atomic mass is 9.80. The van der Waals surface area contributed by atoms with Crippen LogP contribution in [0.5, 0.6) is 0 Å². The predicted molar refractivity (Wildman–Crippen MR) is 71.5 cm³/mol. The van der Waals surface area contributed by atoms with Crippen LogP contribution in [0.25, 0.3) is 0 Å². The molecule has 90 valence electrons. The summed E-state index contributed by atoms with van der Waals surface area (Å²) in [6, 6.07) is 0.776. The summed E-state index contributed by atoms with van der Waals surface area (Å²) in [7, 11) is 0. The number of nitrogens with one attached hydrogen (secondary N) is 1. The van der Waals surface area contributed by atoms with Gasteiger partial charge in [0.1, 0.15) is 0 Å². The van der Waals surface area contributed by atoms with Gasteiger partial charge in [0.15, 0.2) is 0 Å². The Morgan fingerprint density at radius 2 is 2.07 bits per heavy atom. The number of hydrogen-bond acceptors (Lipinski definition) is 2. The van der Waals surface area contributed by atoms with E-state index in [0.717, 1.165) is 23.8 Å². The maximum atomic E-state index is 3.77. The van der Waals surface area contributed by atoms with Gasteiger partial charge in [0.05, 0.1) is 0 Å². The Hall–Kier alpha value is 0.310. The van der Waals surface area contributed by atoms with Crippen LogP contribution in [0.4, 0.5) is 0 Å². The van der Waals surface area contributed by atoms with Gasteiger partial charge in [-0.25, -0.2) is 0 Å². The molecule has 2 heteroatoms. The van der Waals surface area contributed by atoms with Gasteiger partial charge >= 0.3 is 0 Å². The van der Waals surface area contributed by atoms with E-state index in [2.05, 4.69) is 32.3 Å². The normalized spacial score (nSPS) is 34.0. The SMILES string of the molecule is CSCC(C)CNC1CC(C)CCC1C. The lowest BCUT2D eigenvalue weighted by molar-refractivity contribution is 0.224. The lowest BCUT2D eigenvalue weighted by Gasteiger charge is -2.34. The molecule has 0 heterocycles. The summed E-state index contributed by atoms with van der Waals surface area (Å²) in [5.41, 5.74) is 0. The van der Waals surface area contributed by atoms with Gasteiger partial charge in [-0.1, -0.05) is 27.2 Å². The molecule has 0 aromatic carbocycles. The first kappa shape index (κ1) is 13.4. The van der Waals surface area contributed by atoms with Gasteiger partial charge in [-0.05, 0) is 49.1 Å². The van der Waals surface area contributed by atoms with Gasteiger partial charge in [0.25, 0.3) is 0 Å². The molecule has 0 aromatic heterocycles. The highest BCUT2D eigenvalue weighted by Gasteiger charge is 2.24. The van der Waals surface area contributed by atoms with Gasteiger partial charge in [-0.2, -0.15) is 11.8 Å². The Kier molecular flexibility index (Phi) is 6.06. The molecule has 1 nitrogen and oxygen atoms in total. The van der Waals surface area contributed by atoms with Crippen molar-refractivity contribution in [2.24, 2.45) is 17.8 Å². The van der Waals surface area contributed by atoms with Crippen molar-refractivity contribution in [2.75, 3.05) is 18.6 Å². The van der Waals surface area contributed by atoms with Gasteiger partial charge in [0, 0.05) is 6.04 Å². The fraction of sp³-hybridized carbons (Fsp3) is 1.00. The zero-order valence-electron chi connectivity index (χ0n) is 10.8. The third kappa shape index (κ3) is 4.78. The van der Waals surface area contributed by atoms with Gasteiger partial charge in [-0.3, -0.25) is 0 Å². The summed E-state index contributed by atoms with van der Waals surface area (Å²) in [5.74, 6) is 3.89. The molecular formula is C13H27NS. The van der Waals surface area contributed by atoms with Gasteiger partial charge in [0.2, 0.25) is 0 Å². The monoisotopic (exact) mass is 229 g/mol. The van der Waals surface area contributed by atoms with E-state index >= 15 is 0 Å². The van der Waals surface area contributed by atoms with Crippen LogP contribution >= 0.6 is 11.8 Å². The molecule has 1 aliphatic rings. The molecule has 1 aliphatic carbocycles. The smallest absolute Gasteiger partial charge is 0.00953 e. The number of hydrogen-bond donors (Lipinski definition) is 1. The average molecular weight is 229 g/mol. The van der Waals surface area contributed by atoms with Crippen LogP contribution in [0.3, 0.4) is 0 Å². The molecule has 0 saturated heterocycles. The van der Waals surface area contributed by atoms with Crippen LogP contribution in [0.1, 0.15) is 40.0 Å². The second-order valence-corrected chi connectivity index (χ2v) is 6.38. The van der Waals surface area contributed by atoms with Crippen molar-refractivity contribution in [3.8, 4) is 0 Å². The zero-order valence-corrected chi connectivity index (χ0v) is 11.6. The quantitative estimate of drug-likeness (QED) is 0.775. The van der Waals surface area contributed by atoms with Crippen molar-refractivity contribution in [2.45, 2.75) is 46.1 Å². The molecule has 0 aliphatic heterocycles. The van der Waals surface area contributed by atoms with Crippen molar-refractivity contribution in [1.29, 1.82) is 0 Å². The Morgan fingerprint density at radius 1 is 1.33 bits per heavy atom. The first-order valence-electron chi connectivity index (χ1n) is 6.35. The summed E-state index contributed by atoms with van der Waals surface area (Å²) in [5, 5.41) is 3.77. The van der Waals surface area contributed by atoms with Crippen molar-refractivity contribution >= 4 is 11.8 Å². The third-order valence-corrected chi connectivity index (χ3v) is 4.54. The van der Waals surface area contributed by atoms with Crippen LogP contribution in [0.2, 0.25) is 0 Å². The maximum Gasteiger partial charge on any atom is 0.00953 e. The summed E-state index contributed by atoms with van der Waals surface area (Å²) in [4.78, 5) is 0. The van der Waals surface area contributed by atoms with E-state index in [9.17, 15) is 0 Å². The zero-order chi connectivity index (χ0) is 11.3. The van der Waals surface area contributed by atoms with Gasteiger partial charge < -0.3 is 5.32 Å². The fourth-order valence-corrected chi connectivity index (χ4v) is 3.20. The van der Waals surface area contributed by atoms with Crippen molar-refractivity contribution in [3.05, 3.63) is 0 Å². The molecular weight excluding hydrogens is 202 g/mol. The largest absolute Gasteiger partial charge is 0.313 e. The second-order valence-electron chi connectivity index (χ2n) is 5.47. The summed E-state index contributed by atoms with van der Waals surface area (Å²) in [6.07, 6.45) is 6.42. The first-order valence-corrected chi connectivity index (χ1v) is 7.75. The molecule has 1 fully saturated rings. The lowest BCUT2D eigenvalue weighted by Crippen LogP contribution is -2.41. The van der Waals surface area contributed by atoms with Crippen molar-refractivity contribution < 1.29 is 0 Å². The standard InChI is InChI=1S/C13H27NS/c1-10-5-6-12(3)13(7-10)14-8-11(2)9-15-4/h10-14H,5-9H2,1-4H3. The molecule has 4 atom stereocenters. The number of thioether (sulfide) groups is 1. The minimum absolute atomic E-state index is 0.776. The Balaban J connectivity index is 2.23. The Morgan fingerprint density at radius 3 is 2.73 bits per heavy atom. The summed E-state index contributed by atoms with van der Waals surface area (Å²) < 4.78 is 0. The maximum absolute atomic E-state index is 3.77. The fourth-order valence-electron chi connectivity index (χ4n) is 2.51. The second kappa shape index (κ2) is 6.80. The molecule has 4 unspecified atom stereocenters. The molecule has 1 N–H and O–H groups in total. The van der Waals surface area contributed by atoms with Crippen LogP contribution < -0.4 is 5.32 Å². The molecule has 0 spiro atoms. The highest BCUT2D eigenvalue weighted by atomic mass is 32.2. The highest BCUT2D eigenvalue weighted by molar-refractivity contribution is 7.98. The summed E-state index contributed by atoms with van der Waals surface area (Å²) in [6.45, 7) is 8.34. The minimum Gasteiger partial charge on any atom is -0.313 e. The van der Waals surface area contributed by atoms with E-state index in [1.807, 2.05) is 11.8 Å². The molecule has 0 bridgehead atoms. The molecule has 0 radical (unpaired) electrons. The molecule has 0 amide bonds. The van der Waals surface area contributed by atoms with Crippen molar-refractivity contribution in [1.82, 2.24) is 5.32 Å². The van der Waals surface area contributed by atoms with E-state index in [1.165, 1.54) is 31.6 Å². The minimum atomic E-state index is 0.776. The topological polar surface area (TPSA) is 12.0 Å². The van der Waals surface area contributed by atoms with Crippen LogP contribution in [-0.4, -0.2) is 24.6 Å². The van der Waals surface area contributed by atoms with Crippen LogP contribution in [0.15, 0.2) is 0 Å². The van der Waals surface area contributed by atoms with Gasteiger partial charge in [-0.15, -0.1) is 0 Å². The molecule has 0 aromatic rings. The van der Waals surface area contributed by atoms with Crippen LogP contribution in [0, 0.1) is 17.8 Å². The molecule has 1 rings (SSSR count). The highest BCUT2D eigenvalue weighted by Crippen LogP contribution is 2.28. The number of rotatable bonds is 5. The van der Waals surface area contributed by atoms with Crippen LogP contribution in [-0.2, 0) is 0 Å². The molecule has 1 saturated carbocycles. The predicted octanol–water partition coefficient (Wildman–Crippen LogP) is 3.40. The average Bonchev–Trinajstić information content (AvgIpc) is 2.20. The van der Waals surface area contributed by atoms with E-state index < -0.39 is 0 Å². The Labute approximate surface area is 99.8 Å². The summed E-state index contributed by atoms with van der Waals surface area (Å²) >= 11 is 1.96. The van der Waals surface area contributed by atoms with E-state index in [-0.39, 0.29) is 0 Å². The van der Waals surface area contributed by atoms with E-state index in [0.29, 0.717) is 0 Å². The third-order valence-electron chi connectivity index (χ3n) is 3.64. The first-order chi connectivity index (χ1) is 7.13. The van der Waals surface area contributed by atoms with E-state index in [1.54, 1.807) is 0 Å². The Bertz CT molecular complexity index is 172. The van der Waals surface area contributed by atoms with Crippen molar-refractivity contribution in [3.63, 3.8) is 0 Å².